The Hall–Kier alpha value is -2.75. The fraction of sp³-hybridized carbons (Fsp3) is 0.308. The summed E-state index contributed by atoms with van der Waals surface area (Å²) in [4.78, 5) is 12.7. The van der Waals surface area contributed by atoms with Crippen molar-refractivity contribution in [3.05, 3.63) is 36.3 Å². The fourth-order valence-corrected chi connectivity index (χ4v) is 2.16. The largest absolute Gasteiger partial charge is 0.352 e. The molecular formula is C13H13N7. The Kier molecular flexibility index (Phi) is 3.37. The van der Waals surface area contributed by atoms with Gasteiger partial charge in [0.2, 0.25) is 5.95 Å². The molecule has 7 nitrogen and oxygen atoms in total. The lowest BCUT2D eigenvalue weighted by Gasteiger charge is -2.35. The van der Waals surface area contributed by atoms with Crippen molar-refractivity contribution in [2.45, 2.75) is 0 Å². The van der Waals surface area contributed by atoms with Gasteiger partial charge in [0.1, 0.15) is 11.8 Å². The molecule has 0 aliphatic carbocycles. The molecule has 2 aromatic rings. The van der Waals surface area contributed by atoms with Gasteiger partial charge in [-0.2, -0.15) is 10.4 Å². The minimum absolute atomic E-state index is 0.395. The van der Waals surface area contributed by atoms with Crippen LogP contribution in [0.5, 0.6) is 0 Å². The number of nitriles is 1. The molecule has 0 N–H and O–H groups in total. The molecule has 1 fully saturated rings. The zero-order chi connectivity index (χ0) is 13.8. The molecule has 7 heteroatoms. The first-order chi connectivity index (χ1) is 9.86. The highest BCUT2D eigenvalue weighted by Gasteiger charge is 2.20. The number of hydrogen-bond donors (Lipinski definition) is 0. The summed E-state index contributed by atoms with van der Waals surface area (Å²) in [6.07, 6.45) is 3.29. The molecule has 0 spiro atoms. The predicted molar refractivity (Wildman–Crippen MR) is 73.2 cm³/mol. The summed E-state index contributed by atoms with van der Waals surface area (Å²) in [7, 11) is 0. The average molecular weight is 267 g/mol. The van der Waals surface area contributed by atoms with Crippen molar-refractivity contribution in [3.63, 3.8) is 0 Å². The monoisotopic (exact) mass is 267 g/mol. The molecule has 3 heterocycles. The first kappa shape index (κ1) is 12.3. The Balaban J connectivity index is 1.68. The predicted octanol–water partition coefficient (Wildman–Crippen LogP) is 0.465. The highest BCUT2D eigenvalue weighted by molar-refractivity contribution is 5.41. The molecular weight excluding hydrogens is 254 g/mol. The van der Waals surface area contributed by atoms with Crippen molar-refractivity contribution < 1.29 is 0 Å². The maximum absolute atomic E-state index is 8.87. The number of rotatable bonds is 2. The lowest BCUT2D eigenvalue weighted by Crippen LogP contribution is -2.47. The summed E-state index contributed by atoms with van der Waals surface area (Å²) in [6.45, 7) is 3.26. The van der Waals surface area contributed by atoms with E-state index in [0.29, 0.717) is 11.6 Å². The molecule has 0 aromatic carbocycles. The summed E-state index contributed by atoms with van der Waals surface area (Å²) in [5, 5.41) is 16.9. The van der Waals surface area contributed by atoms with E-state index in [-0.39, 0.29) is 0 Å². The van der Waals surface area contributed by atoms with Crippen LogP contribution in [0.4, 0.5) is 11.8 Å². The zero-order valence-electron chi connectivity index (χ0n) is 10.8. The Labute approximate surface area is 116 Å². The standard InChI is InChI=1S/C13H13N7/c14-10-11-3-5-15-13(17-11)20-8-6-19(7-9-20)12-2-1-4-16-18-12/h1-5H,6-9H2. The van der Waals surface area contributed by atoms with Crippen LogP contribution < -0.4 is 9.80 Å². The average Bonchev–Trinajstić information content (AvgIpc) is 2.56. The number of aromatic nitrogens is 4. The van der Waals surface area contributed by atoms with Gasteiger partial charge in [0.05, 0.1) is 0 Å². The van der Waals surface area contributed by atoms with Crippen LogP contribution in [-0.2, 0) is 0 Å². The van der Waals surface area contributed by atoms with E-state index in [1.807, 2.05) is 18.2 Å². The van der Waals surface area contributed by atoms with E-state index < -0.39 is 0 Å². The molecule has 100 valence electrons. The van der Waals surface area contributed by atoms with E-state index >= 15 is 0 Å². The van der Waals surface area contributed by atoms with Crippen LogP contribution in [0.2, 0.25) is 0 Å². The van der Waals surface area contributed by atoms with Crippen LogP contribution in [0.25, 0.3) is 0 Å². The summed E-state index contributed by atoms with van der Waals surface area (Å²) in [5.74, 6) is 1.50. The smallest absolute Gasteiger partial charge is 0.226 e. The third-order valence-corrected chi connectivity index (χ3v) is 3.20. The Morgan fingerprint density at radius 1 is 1.05 bits per heavy atom. The zero-order valence-corrected chi connectivity index (χ0v) is 10.8. The van der Waals surface area contributed by atoms with Gasteiger partial charge in [-0.15, -0.1) is 5.10 Å². The highest BCUT2D eigenvalue weighted by Crippen LogP contribution is 2.15. The van der Waals surface area contributed by atoms with Crippen LogP contribution in [0.1, 0.15) is 5.69 Å². The van der Waals surface area contributed by atoms with Crippen LogP contribution in [0, 0.1) is 11.3 Å². The minimum Gasteiger partial charge on any atom is -0.352 e. The maximum atomic E-state index is 8.87. The van der Waals surface area contributed by atoms with Crippen LogP contribution in [-0.4, -0.2) is 46.3 Å². The van der Waals surface area contributed by atoms with Crippen LogP contribution in [0.15, 0.2) is 30.6 Å². The number of nitrogens with zero attached hydrogens (tertiary/aromatic N) is 7. The number of hydrogen-bond acceptors (Lipinski definition) is 7. The minimum atomic E-state index is 0.395. The Morgan fingerprint density at radius 3 is 2.55 bits per heavy atom. The molecule has 0 amide bonds. The topological polar surface area (TPSA) is 81.8 Å². The first-order valence-electron chi connectivity index (χ1n) is 6.37. The molecule has 20 heavy (non-hydrogen) atoms. The van der Waals surface area contributed by atoms with Crippen molar-refractivity contribution in [2.24, 2.45) is 0 Å². The van der Waals surface area contributed by atoms with Gasteiger partial charge < -0.3 is 9.80 Å². The van der Waals surface area contributed by atoms with E-state index in [9.17, 15) is 0 Å². The normalized spacial score (nSPS) is 14.9. The van der Waals surface area contributed by atoms with Gasteiger partial charge >= 0.3 is 0 Å². The van der Waals surface area contributed by atoms with Gasteiger partial charge in [-0.3, -0.25) is 0 Å². The Morgan fingerprint density at radius 2 is 1.85 bits per heavy atom. The van der Waals surface area contributed by atoms with Gasteiger partial charge in [0, 0.05) is 38.6 Å². The maximum Gasteiger partial charge on any atom is 0.226 e. The fourth-order valence-electron chi connectivity index (χ4n) is 2.16. The molecule has 2 aromatic heterocycles. The quantitative estimate of drug-likeness (QED) is 0.782. The molecule has 1 saturated heterocycles. The van der Waals surface area contributed by atoms with E-state index in [2.05, 4.69) is 30.0 Å². The van der Waals surface area contributed by atoms with E-state index in [4.69, 9.17) is 5.26 Å². The van der Waals surface area contributed by atoms with Crippen molar-refractivity contribution in [1.82, 2.24) is 20.2 Å². The molecule has 0 atom stereocenters. The number of piperazine rings is 1. The third kappa shape index (κ3) is 2.49. The van der Waals surface area contributed by atoms with Gasteiger partial charge in [0.25, 0.3) is 0 Å². The van der Waals surface area contributed by atoms with Crippen molar-refractivity contribution in [1.29, 1.82) is 5.26 Å². The molecule has 1 aliphatic heterocycles. The van der Waals surface area contributed by atoms with Crippen molar-refractivity contribution in [3.8, 4) is 6.07 Å². The van der Waals surface area contributed by atoms with Gasteiger partial charge in [-0.1, -0.05) is 0 Å². The second-order valence-corrected chi connectivity index (χ2v) is 4.41. The lowest BCUT2D eigenvalue weighted by atomic mass is 10.3. The second kappa shape index (κ2) is 5.48. The van der Waals surface area contributed by atoms with Crippen molar-refractivity contribution in [2.75, 3.05) is 36.0 Å². The first-order valence-corrected chi connectivity index (χ1v) is 6.37. The SMILES string of the molecule is N#Cc1ccnc(N2CCN(c3cccnn3)CC2)n1. The third-order valence-electron chi connectivity index (χ3n) is 3.20. The summed E-state index contributed by atoms with van der Waals surface area (Å²) in [6, 6.07) is 7.48. The Bertz CT molecular complexity index is 614. The molecule has 0 bridgehead atoms. The second-order valence-electron chi connectivity index (χ2n) is 4.41. The molecule has 3 rings (SSSR count). The summed E-state index contributed by atoms with van der Waals surface area (Å²) < 4.78 is 0. The van der Waals surface area contributed by atoms with Gasteiger partial charge in [0.15, 0.2) is 5.82 Å². The number of anilines is 2. The van der Waals surface area contributed by atoms with Crippen LogP contribution >= 0.6 is 0 Å². The molecule has 0 saturated carbocycles. The van der Waals surface area contributed by atoms with Crippen molar-refractivity contribution >= 4 is 11.8 Å². The molecule has 1 aliphatic rings. The summed E-state index contributed by atoms with van der Waals surface area (Å²) in [5.41, 5.74) is 0.395. The van der Waals surface area contributed by atoms with Crippen LogP contribution in [0.3, 0.4) is 0 Å². The van der Waals surface area contributed by atoms with E-state index in [0.717, 1.165) is 32.0 Å². The highest BCUT2D eigenvalue weighted by atomic mass is 15.3. The molecule has 0 unspecified atom stereocenters. The van der Waals surface area contributed by atoms with E-state index in [1.165, 1.54) is 0 Å². The van der Waals surface area contributed by atoms with Gasteiger partial charge in [-0.05, 0) is 18.2 Å². The summed E-state index contributed by atoms with van der Waals surface area (Å²) >= 11 is 0. The molecule has 0 radical (unpaired) electrons. The van der Waals surface area contributed by atoms with E-state index in [1.54, 1.807) is 18.5 Å². The van der Waals surface area contributed by atoms with Gasteiger partial charge in [-0.25, -0.2) is 9.97 Å². The lowest BCUT2D eigenvalue weighted by molar-refractivity contribution is 0.631.